The molecule has 4 aromatic carbocycles. The van der Waals surface area contributed by atoms with Crippen LogP contribution >= 0.6 is 11.6 Å². The molecule has 0 radical (unpaired) electrons. The van der Waals surface area contributed by atoms with Gasteiger partial charge in [0.25, 0.3) is 0 Å². The summed E-state index contributed by atoms with van der Waals surface area (Å²) in [5.74, 6) is 0.0294. The average molecular weight is 717 g/mol. The molecule has 4 aliphatic rings. The van der Waals surface area contributed by atoms with Crippen molar-refractivity contribution in [2.75, 3.05) is 32.7 Å². The smallest absolute Gasteiger partial charge is 0.193 e. The quantitative estimate of drug-likeness (QED) is 0.148. The highest BCUT2D eigenvalue weighted by Gasteiger charge is 2.57. The van der Waals surface area contributed by atoms with E-state index in [1.165, 1.54) is 16.7 Å². The lowest BCUT2D eigenvalue weighted by molar-refractivity contribution is -0.0894. The zero-order chi connectivity index (χ0) is 36.3. The number of hydrogen-bond acceptors (Lipinski definition) is 5. The minimum Gasteiger partial charge on any atom is -0.393 e. The molecule has 3 aliphatic carbocycles. The van der Waals surface area contributed by atoms with E-state index in [4.69, 9.17) is 11.6 Å². The summed E-state index contributed by atoms with van der Waals surface area (Å²) in [5.41, 5.74) is 5.81. The van der Waals surface area contributed by atoms with Gasteiger partial charge in [0.05, 0.1) is 17.7 Å². The minimum atomic E-state index is -0.921. The first-order chi connectivity index (χ1) is 25.1. The maximum absolute atomic E-state index is 14.2. The highest BCUT2D eigenvalue weighted by Crippen LogP contribution is 2.59. The number of piperazine rings is 1. The van der Waals surface area contributed by atoms with Gasteiger partial charge in [-0.2, -0.15) is 0 Å². The molecular formula is C46H53ClN2O3. The SMILES string of the molecule is CC1=CCCC2(C)C(CCC2(O)CN2CCN(C(c3ccccc3)c3ccc(Cl)cc3)CC2)c2ccc(cc2C(=O)c2ccccc2)CC(O)CC1. The number of rotatable bonds is 7. The lowest BCUT2D eigenvalue weighted by Crippen LogP contribution is -2.56. The normalized spacial score (nSPS) is 26.7. The Bertz CT molecular complexity index is 1850. The first-order valence-corrected chi connectivity index (χ1v) is 19.6. The van der Waals surface area contributed by atoms with Gasteiger partial charge in [0, 0.05) is 54.3 Å². The Hall–Kier alpha value is -3.58. The maximum atomic E-state index is 14.2. The fraction of sp³-hybridized carbons (Fsp3) is 0.413. The van der Waals surface area contributed by atoms with Crippen molar-refractivity contribution in [3.63, 3.8) is 0 Å². The number of benzene rings is 4. The summed E-state index contributed by atoms with van der Waals surface area (Å²) in [5, 5.41) is 24.6. The highest BCUT2D eigenvalue weighted by molar-refractivity contribution is 6.30. The van der Waals surface area contributed by atoms with Gasteiger partial charge >= 0.3 is 0 Å². The predicted molar refractivity (Wildman–Crippen MR) is 211 cm³/mol. The zero-order valence-corrected chi connectivity index (χ0v) is 31.4. The number of aliphatic hydroxyl groups excluding tert-OH is 1. The lowest BCUT2D eigenvalue weighted by Gasteiger charge is -2.48. The molecule has 1 aliphatic heterocycles. The molecule has 0 spiro atoms. The molecule has 2 N–H and O–H groups in total. The zero-order valence-electron chi connectivity index (χ0n) is 30.7. The van der Waals surface area contributed by atoms with Crippen LogP contribution in [0.4, 0.5) is 0 Å². The molecule has 4 aromatic rings. The van der Waals surface area contributed by atoms with Gasteiger partial charge in [0.15, 0.2) is 5.78 Å². The van der Waals surface area contributed by atoms with E-state index in [-0.39, 0.29) is 17.7 Å². The van der Waals surface area contributed by atoms with Gasteiger partial charge < -0.3 is 10.2 Å². The Balaban J connectivity index is 1.17. The van der Waals surface area contributed by atoms with Crippen molar-refractivity contribution >= 4 is 17.4 Å². The number of fused-ring (bicyclic) bond motifs is 8. The average Bonchev–Trinajstić information content (AvgIpc) is 3.41. The third-order valence-corrected chi connectivity index (χ3v) is 12.8. The highest BCUT2D eigenvalue weighted by atomic mass is 35.5. The third kappa shape index (κ3) is 7.71. The number of ketones is 1. The number of hydrogen-bond donors (Lipinski definition) is 2. The topological polar surface area (TPSA) is 64.0 Å². The van der Waals surface area contributed by atoms with Crippen molar-refractivity contribution in [3.05, 3.63) is 153 Å². The number of carbonyl (C=O) groups is 1. The second kappa shape index (κ2) is 15.8. The molecule has 6 heteroatoms. The van der Waals surface area contributed by atoms with E-state index in [1.54, 1.807) is 0 Å². The number of carbonyl (C=O) groups excluding carboxylic acids is 1. The number of nitrogens with zero attached hydrogens (tertiary/aromatic N) is 2. The summed E-state index contributed by atoms with van der Waals surface area (Å²) in [4.78, 5) is 19.3. The molecule has 1 saturated carbocycles. The van der Waals surface area contributed by atoms with Crippen LogP contribution in [0, 0.1) is 5.41 Å². The van der Waals surface area contributed by atoms with E-state index >= 15 is 0 Å². The molecule has 272 valence electrons. The molecule has 5 unspecified atom stereocenters. The molecular weight excluding hydrogens is 664 g/mol. The van der Waals surface area contributed by atoms with Crippen LogP contribution in [0.15, 0.2) is 115 Å². The summed E-state index contributed by atoms with van der Waals surface area (Å²) in [7, 11) is 0. The number of halogens is 1. The Kier molecular flexibility index (Phi) is 11.2. The molecule has 0 amide bonds. The van der Waals surface area contributed by atoms with Crippen molar-refractivity contribution < 1.29 is 15.0 Å². The van der Waals surface area contributed by atoms with Crippen molar-refractivity contribution in [2.24, 2.45) is 5.41 Å². The number of aliphatic hydroxyl groups is 2. The standard InChI is InChI=1S/C46H53ClN2O3/c1-33-10-9-24-45(2)42(40-22-16-34(30-39(50)21-15-33)31-41(40)44(51)37-13-7-4-8-14-37)23-25-46(45,52)32-48-26-28-49(29-27-48)43(35-11-5-3-6-12-35)36-17-19-38(47)20-18-36/h3-8,10-14,16-20,22,31,39,42-43,50,52H,9,15,21,23-30,32H2,1-2H3. The third-order valence-electron chi connectivity index (χ3n) is 12.5. The summed E-state index contributed by atoms with van der Waals surface area (Å²) >= 11 is 6.29. The van der Waals surface area contributed by atoms with Crippen LogP contribution in [0.25, 0.3) is 0 Å². The van der Waals surface area contributed by atoms with Gasteiger partial charge in [-0.05, 0) is 98.2 Å². The molecule has 1 heterocycles. The lowest BCUT2D eigenvalue weighted by atomic mass is 9.64. The van der Waals surface area contributed by atoms with Crippen LogP contribution < -0.4 is 0 Å². The van der Waals surface area contributed by atoms with Crippen molar-refractivity contribution in [2.45, 2.75) is 82.5 Å². The predicted octanol–water partition coefficient (Wildman–Crippen LogP) is 9.02. The Labute approximate surface area is 314 Å². The molecule has 1 saturated heterocycles. The maximum Gasteiger partial charge on any atom is 0.193 e. The van der Waals surface area contributed by atoms with E-state index in [9.17, 15) is 15.0 Å². The summed E-state index contributed by atoms with van der Waals surface area (Å²) in [6.07, 6.45) is 7.07. The second-order valence-corrected chi connectivity index (χ2v) is 16.3. The van der Waals surface area contributed by atoms with Crippen LogP contribution in [0.5, 0.6) is 0 Å². The van der Waals surface area contributed by atoms with E-state index in [1.807, 2.05) is 48.5 Å². The van der Waals surface area contributed by atoms with Gasteiger partial charge in [0.1, 0.15) is 0 Å². The van der Waals surface area contributed by atoms with E-state index in [0.29, 0.717) is 36.9 Å². The minimum absolute atomic E-state index is 0.0114. The van der Waals surface area contributed by atoms with Crippen molar-refractivity contribution in [1.29, 1.82) is 0 Å². The molecule has 5 nitrogen and oxygen atoms in total. The van der Waals surface area contributed by atoms with Crippen LogP contribution in [0.3, 0.4) is 0 Å². The molecule has 2 bridgehead atoms. The van der Waals surface area contributed by atoms with Gasteiger partial charge in [-0.3, -0.25) is 14.6 Å². The summed E-state index contributed by atoms with van der Waals surface area (Å²) < 4.78 is 0. The summed E-state index contributed by atoms with van der Waals surface area (Å²) in [6, 6.07) is 34.9. The monoisotopic (exact) mass is 716 g/mol. The molecule has 5 atom stereocenters. The number of β-amino-alcohol motifs (C(OH)–C–C–N with tert-alkyl or cyclic N) is 1. The molecule has 2 fully saturated rings. The van der Waals surface area contributed by atoms with Crippen LogP contribution in [-0.2, 0) is 6.42 Å². The van der Waals surface area contributed by atoms with Crippen molar-refractivity contribution in [1.82, 2.24) is 9.80 Å². The largest absolute Gasteiger partial charge is 0.393 e. The van der Waals surface area contributed by atoms with E-state index < -0.39 is 17.1 Å². The van der Waals surface area contributed by atoms with Gasteiger partial charge in [-0.15, -0.1) is 0 Å². The number of allylic oxidation sites excluding steroid dienone is 2. The fourth-order valence-corrected chi connectivity index (χ4v) is 9.51. The Morgan fingerprint density at radius 1 is 0.865 bits per heavy atom. The van der Waals surface area contributed by atoms with Crippen LogP contribution in [0.1, 0.15) is 103 Å². The van der Waals surface area contributed by atoms with Gasteiger partial charge in [-0.25, -0.2) is 0 Å². The van der Waals surface area contributed by atoms with E-state index in [2.05, 4.69) is 84.3 Å². The Morgan fingerprint density at radius 3 is 2.25 bits per heavy atom. The van der Waals surface area contributed by atoms with Gasteiger partial charge in [-0.1, -0.05) is 115 Å². The molecule has 52 heavy (non-hydrogen) atoms. The fourth-order valence-electron chi connectivity index (χ4n) is 9.39. The first kappa shape index (κ1) is 36.8. The Morgan fingerprint density at radius 2 is 1.54 bits per heavy atom. The van der Waals surface area contributed by atoms with Gasteiger partial charge in [0.2, 0.25) is 0 Å². The summed E-state index contributed by atoms with van der Waals surface area (Å²) in [6.45, 7) is 8.58. The first-order valence-electron chi connectivity index (χ1n) is 19.2. The van der Waals surface area contributed by atoms with E-state index in [0.717, 1.165) is 68.0 Å². The second-order valence-electron chi connectivity index (χ2n) is 15.8. The van der Waals surface area contributed by atoms with Crippen LogP contribution in [-0.4, -0.2) is 70.2 Å². The van der Waals surface area contributed by atoms with Crippen molar-refractivity contribution in [3.8, 4) is 0 Å². The molecule has 0 aromatic heterocycles. The van der Waals surface area contributed by atoms with Crippen LogP contribution in [0.2, 0.25) is 5.02 Å². The molecule has 8 rings (SSSR count).